The average molecular weight is 273 g/mol. The summed E-state index contributed by atoms with van der Waals surface area (Å²) in [6.07, 6.45) is 4.95. The number of imidazole rings is 1. The molecule has 0 aliphatic heterocycles. The minimum Gasteiger partial charge on any atom is -0.497 e. The van der Waals surface area contributed by atoms with Gasteiger partial charge in [0.15, 0.2) is 0 Å². The van der Waals surface area contributed by atoms with Crippen molar-refractivity contribution in [3.05, 3.63) is 48.0 Å². The molecule has 0 aliphatic carbocycles. The van der Waals surface area contributed by atoms with E-state index in [9.17, 15) is 0 Å². The van der Waals surface area contributed by atoms with Crippen molar-refractivity contribution in [2.75, 3.05) is 7.11 Å². The van der Waals surface area contributed by atoms with E-state index in [1.54, 1.807) is 7.11 Å². The highest BCUT2D eigenvalue weighted by Crippen LogP contribution is 2.19. The number of aromatic nitrogens is 2. The van der Waals surface area contributed by atoms with Crippen LogP contribution in [0, 0.1) is 0 Å². The second-order valence-electron chi connectivity index (χ2n) is 4.96. The fraction of sp³-hybridized carbons (Fsp3) is 0.438. The summed E-state index contributed by atoms with van der Waals surface area (Å²) >= 11 is 0. The molecule has 0 amide bonds. The molecule has 1 aromatic carbocycles. The molecular weight excluding hydrogens is 250 g/mol. The van der Waals surface area contributed by atoms with E-state index in [4.69, 9.17) is 4.74 Å². The van der Waals surface area contributed by atoms with Crippen molar-refractivity contribution in [3.8, 4) is 5.75 Å². The van der Waals surface area contributed by atoms with Gasteiger partial charge in [0.2, 0.25) is 0 Å². The Morgan fingerprint density at radius 2 is 2.25 bits per heavy atom. The first-order chi connectivity index (χ1) is 9.74. The zero-order valence-electron chi connectivity index (χ0n) is 12.5. The molecular formula is C16H23N3O. The Hall–Kier alpha value is -1.81. The van der Waals surface area contributed by atoms with E-state index in [1.165, 1.54) is 11.3 Å². The molecule has 4 nitrogen and oxygen atoms in total. The van der Waals surface area contributed by atoms with Crippen molar-refractivity contribution < 1.29 is 4.74 Å². The van der Waals surface area contributed by atoms with Gasteiger partial charge in [0.1, 0.15) is 5.75 Å². The summed E-state index contributed by atoms with van der Waals surface area (Å²) in [5.74, 6) is 0.896. The van der Waals surface area contributed by atoms with Crippen LogP contribution in [0.4, 0.5) is 0 Å². The molecule has 0 fully saturated rings. The molecule has 0 saturated heterocycles. The fourth-order valence-electron chi connectivity index (χ4n) is 2.22. The molecule has 1 atom stereocenters. The minimum absolute atomic E-state index is 0.273. The van der Waals surface area contributed by atoms with Gasteiger partial charge in [0.25, 0.3) is 0 Å². The van der Waals surface area contributed by atoms with Crippen LogP contribution in [0.3, 0.4) is 0 Å². The van der Waals surface area contributed by atoms with Crippen LogP contribution in [0.2, 0.25) is 0 Å². The minimum atomic E-state index is 0.273. The summed E-state index contributed by atoms with van der Waals surface area (Å²) in [7, 11) is 1.69. The van der Waals surface area contributed by atoms with Crippen LogP contribution in [0.25, 0.3) is 0 Å². The van der Waals surface area contributed by atoms with Crippen LogP contribution in [0.15, 0.2) is 36.8 Å². The van der Waals surface area contributed by atoms with Gasteiger partial charge in [-0.05, 0) is 31.0 Å². The van der Waals surface area contributed by atoms with E-state index in [0.29, 0.717) is 0 Å². The van der Waals surface area contributed by atoms with E-state index in [2.05, 4.69) is 40.8 Å². The maximum absolute atomic E-state index is 5.26. The number of hydrogen-bond acceptors (Lipinski definition) is 3. The largest absolute Gasteiger partial charge is 0.497 e. The predicted octanol–water partition coefficient (Wildman–Crippen LogP) is 3.15. The van der Waals surface area contributed by atoms with Crippen LogP contribution in [0.5, 0.6) is 5.75 Å². The Kier molecular flexibility index (Phi) is 5.18. The Labute approximate surface area is 120 Å². The molecule has 4 heteroatoms. The molecule has 0 aliphatic rings. The summed E-state index contributed by atoms with van der Waals surface area (Å²) in [6.45, 7) is 6.17. The van der Waals surface area contributed by atoms with Gasteiger partial charge in [-0.25, -0.2) is 4.98 Å². The molecule has 0 saturated carbocycles. The lowest BCUT2D eigenvalue weighted by molar-refractivity contribution is 0.413. The predicted molar refractivity (Wildman–Crippen MR) is 80.8 cm³/mol. The zero-order chi connectivity index (χ0) is 14.4. The SMILES string of the molecule is CCCn1cncc1CN[C@@H](C)c1cccc(OC)c1. The van der Waals surface area contributed by atoms with Crippen LogP contribution in [0.1, 0.15) is 37.6 Å². The molecule has 1 aromatic heterocycles. The van der Waals surface area contributed by atoms with Crippen molar-refractivity contribution in [2.24, 2.45) is 0 Å². The summed E-state index contributed by atoms with van der Waals surface area (Å²) < 4.78 is 7.46. The third kappa shape index (κ3) is 3.61. The summed E-state index contributed by atoms with van der Waals surface area (Å²) in [5, 5.41) is 3.54. The number of nitrogens with zero attached hydrogens (tertiary/aromatic N) is 2. The smallest absolute Gasteiger partial charge is 0.119 e. The van der Waals surface area contributed by atoms with Crippen molar-refractivity contribution in [1.82, 2.24) is 14.9 Å². The third-order valence-corrected chi connectivity index (χ3v) is 3.45. The Morgan fingerprint density at radius 1 is 1.40 bits per heavy atom. The summed E-state index contributed by atoms with van der Waals surface area (Å²) in [4.78, 5) is 4.22. The van der Waals surface area contributed by atoms with Crippen LogP contribution in [-0.4, -0.2) is 16.7 Å². The molecule has 0 unspecified atom stereocenters. The number of hydrogen-bond donors (Lipinski definition) is 1. The first-order valence-electron chi connectivity index (χ1n) is 7.11. The van der Waals surface area contributed by atoms with Crippen LogP contribution >= 0.6 is 0 Å². The lowest BCUT2D eigenvalue weighted by Crippen LogP contribution is -2.20. The summed E-state index contributed by atoms with van der Waals surface area (Å²) in [5.41, 5.74) is 2.45. The monoisotopic (exact) mass is 273 g/mol. The number of methoxy groups -OCH3 is 1. The third-order valence-electron chi connectivity index (χ3n) is 3.45. The molecule has 0 bridgehead atoms. The van der Waals surface area contributed by atoms with Gasteiger partial charge in [-0.3, -0.25) is 0 Å². The van der Waals surface area contributed by atoms with E-state index < -0.39 is 0 Å². The highest BCUT2D eigenvalue weighted by atomic mass is 16.5. The highest BCUT2D eigenvalue weighted by molar-refractivity contribution is 5.30. The first kappa shape index (κ1) is 14.6. The second kappa shape index (κ2) is 7.10. The Bertz CT molecular complexity index is 536. The Balaban J connectivity index is 1.97. The molecule has 1 N–H and O–H groups in total. The second-order valence-corrected chi connectivity index (χ2v) is 4.96. The van der Waals surface area contributed by atoms with Crippen molar-refractivity contribution in [3.63, 3.8) is 0 Å². The van der Waals surface area contributed by atoms with E-state index in [-0.39, 0.29) is 6.04 Å². The van der Waals surface area contributed by atoms with Crippen LogP contribution in [-0.2, 0) is 13.1 Å². The molecule has 2 aromatic rings. The van der Waals surface area contributed by atoms with Gasteiger partial charge in [-0.2, -0.15) is 0 Å². The van der Waals surface area contributed by atoms with Gasteiger partial charge in [0, 0.05) is 25.3 Å². The maximum Gasteiger partial charge on any atom is 0.119 e. The van der Waals surface area contributed by atoms with Gasteiger partial charge in [0.05, 0.1) is 19.1 Å². The van der Waals surface area contributed by atoms with Gasteiger partial charge >= 0.3 is 0 Å². The molecule has 108 valence electrons. The van der Waals surface area contributed by atoms with Crippen molar-refractivity contribution >= 4 is 0 Å². The van der Waals surface area contributed by atoms with Crippen LogP contribution < -0.4 is 10.1 Å². The molecule has 1 heterocycles. The van der Waals surface area contributed by atoms with E-state index in [1.807, 2.05) is 24.7 Å². The molecule has 20 heavy (non-hydrogen) atoms. The fourth-order valence-corrected chi connectivity index (χ4v) is 2.22. The maximum atomic E-state index is 5.26. The topological polar surface area (TPSA) is 39.1 Å². The normalized spacial score (nSPS) is 12.3. The van der Waals surface area contributed by atoms with Gasteiger partial charge < -0.3 is 14.6 Å². The number of ether oxygens (including phenoxy) is 1. The number of rotatable bonds is 7. The molecule has 0 radical (unpaired) electrons. The number of aryl methyl sites for hydroxylation is 1. The van der Waals surface area contributed by atoms with Gasteiger partial charge in [-0.15, -0.1) is 0 Å². The lowest BCUT2D eigenvalue weighted by atomic mass is 10.1. The van der Waals surface area contributed by atoms with E-state index >= 15 is 0 Å². The van der Waals surface area contributed by atoms with Crippen molar-refractivity contribution in [1.29, 1.82) is 0 Å². The number of benzene rings is 1. The molecule has 0 spiro atoms. The van der Waals surface area contributed by atoms with Gasteiger partial charge in [-0.1, -0.05) is 19.1 Å². The quantitative estimate of drug-likeness (QED) is 0.842. The Morgan fingerprint density at radius 3 is 3.00 bits per heavy atom. The highest BCUT2D eigenvalue weighted by Gasteiger charge is 2.07. The average Bonchev–Trinajstić information content (AvgIpc) is 2.92. The standard InChI is InChI=1S/C16H23N3O/c1-4-8-19-12-17-10-15(19)11-18-13(2)14-6-5-7-16(9-14)20-3/h5-7,9-10,12-13,18H,4,8,11H2,1-3H3/t13-/m0/s1. The molecule has 2 rings (SSSR count). The first-order valence-corrected chi connectivity index (χ1v) is 7.11. The zero-order valence-corrected chi connectivity index (χ0v) is 12.5. The van der Waals surface area contributed by atoms with E-state index in [0.717, 1.165) is 25.3 Å². The summed E-state index contributed by atoms with van der Waals surface area (Å²) in [6, 6.07) is 8.44. The lowest BCUT2D eigenvalue weighted by Gasteiger charge is -2.16. The van der Waals surface area contributed by atoms with Crippen molar-refractivity contribution in [2.45, 2.75) is 39.4 Å². The number of nitrogens with one attached hydrogen (secondary N) is 1.